The van der Waals surface area contributed by atoms with Crippen LogP contribution in [-0.2, 0) is 11.3 Å². The van der Waals surface area contributed by atoms with Gasteiger partial charge in [0, 0.05) is 6.08 Å². The van der Waals surface area contributed by atoms with Crippen LogP contribution < -0.4 is 0 Å². The van der Waals surface area contributed by atoms with Gasteiger partial charge in [0.1, 0.15) is 11.8 Å². The van der Waals surface area contributed by atoms with Gasteiger partial charge in [-0.1, -0.05) is 17.7 Å². The normalized spacial score (nSPS) is 16.1. The molecule has 2 aromatic heterocycles. The highest BCUT2D eigenvalue weighted by Crippen LogP contribution is 2.31. The molecule has 0 unspecified atom stereocenters. The van der Waals surface area contributed by atoms with E-state index in [-0.39, 0.29) is 23.4 Å². The van der Waals surface area contributed by atoms with E-state index in [0.717, 1.165) is 5.56 Å². The Bertz CT molecular complexity index is 1240. The minimum Gasteiger partial charge on any atom is -0.493 e. The molecule has 9 heteroatoms. The molecule has 0 saturated carbocycles. The first-order chi connectivity index (χ1) is 14.0. The van der Waals surface area contributed by atoms with E-state index in [1.807, 2.05) is 37.3 Å². The summed E-state index contributed by atoms with van der Waals surface area (Å²) >= 11 is 6.54. The third-order valence-electron chi connectivity index (χ3n) is 4.04. The van der Waals surface area contributed by atoms with Crippen molar-refractivity contribution in [1.29, 1.82) is 5.26 Å². The molecule has 3 aromatic rings. The van der Waals surface area contributed by atoms with E-state index in [1.165, 1.54) is 17.4 Å². The molecule has 1 N–H and O–H groups in total. The fourth-order valence-electron chi connectivity index (χ4n) is 2.59. The lowest BCUT2D eigenvalue weighted by atomic mass is 10.2. The second kappa shape index (κ2) is 7.87. The van der Waals surface area contributed by atoms with Crippen molar-refractivity contribution in [3.8, 4) is 11.9 Å². The average molecular weight is 422 g/mol. The minimum atomic E-state index is -0.0230. The number of rotatable bonds is 4. The van der Waals surface area contributed by atoms with E-state index in [4.69, 9.17) is 21.4 Å². The van der Waals surface area contributed by atoms with Crippen LogP contribution in [0.4, 0.5) is 5.69 Å². The van der Waals surface area contributed by atoms with Gasteiger partial charge in [-0.25, -0.2) is 4.99 Å². The molecule has 0 radical (unpaired) electrons. The second-order valence-electron chi connectivity index (χ2n) is 6.13. The van der Waals surface area contributed by atoms with E-state index in [0.29, 0.717) is 26.8 Å². The number of hydrogen-bond donors (Lipinski definition) is 1. The summed E-state index contributed by atoms with van der Waals surface area (Å²) in [5.41, 5.74) is 1.82. The number of ether oxygens (including phenoxy) is 1. The first kappa shape index (κ1) is 18.9. The molecule has 0 spiro atoms. The predicted molar refractivity (Wildman–Crippen MR) is 113 cm³/mol. The number of nitrogens with zero attached hydrogens (tertiary/aromatic N) is 4. The lowest BCUT2D eigenvalue weighted by Crippen LogP contribution is -2.07. The van der Waals surface area contributed by atoms with Crippen molar-refractivity contribution in [2.75, 3.05) is 0 Å². The molecule has 1 aliphatic rings. The largest absolute Gasteiger partial charge is 0.493 e. The molecule has 1 aromatic carbocycles. The van der Waals surface area contributed by atoms with Gasteiger partial charge in [0.15, 0.2) is 3.95 Å². The number of thiazole rings is 1. The fraction of sp³-hybridized carbons (Fsp3) is 0.100. The van der Waals surface area contributed by atoms with Crippen LogP contribution in [0, 0.1) is 22.2 Å². The molecule has 0 aliphatic carbocycles. The smallest absolute Gasteiger partial charge is 0.258 e. The highest BCUT2D eigenvalue weighted by molar-refractivity contribution is 7.73. The number of nitriles is 1. The van der Waals surface area contributed by atoms with Crippen molar-refractivity contribution in [3.05, 3.63) is 68.7 Å². The maximum atomic E-state index is 10.5. The number of aryl methyl sites for hydroxylation is 1. The minimum absolute atomic E-state index is 0.0230. The Morgan fingerprint density at radius 3 is 2.83 bits per heavy atom. The van der Waals surface area contributed by atoms with Crippen molar-refractivity contribution in [1.82, 2.24) is 4.57 Å². The van der Waals surface area contributed by atoms with Gasteiger partial charge in [-0.15, -0.1) is 11.3 Å². The number of aliphatic imine (C=N–C) groups is 2. The number of furan rings is 1. The van der Waals surface area contributed by atoms with Gasteiger partial charge in [-0.05, 0) is 43.4 Å². The summed E-state index contributed by atoms with van der Waals surface area (Å²) in [5.74, 6) is 0.915. The Kier molecular flexibility index (Phi) is 5.12. The summed E-state index contributed by atoms with van der Waals surface area (Å²) in [6, 6.07) is 13.0. The van der Waals surface area contributed by atoms with Crippen molar-refractivity contribution >= 4 is 46.9 Å². The lowest BCUT2D eigenvalue weighted by molar-refractivity contribution is 0.405. The monoisotopic (exact) mass is 422 g/mol. The Balaban J connectivity index is 1.62. The Morgan fingerprint density at radius 2 is 2.14 bits per heavy atom. The van der Waals surface area contributed by atoms with Gasteiger partial charge >= 0.3 is 0 Å². The zero-order valence-electron chi connectivity index (χ0n) is 15.2. The predicted octanol–water partition coefficient (Wildman–Crippen LogP) is 4.96. The molecule has 144 valence electrons. The molecule has 1 aliphatic heterocycles. The fourth-order valence-corrected chi connectivity index (χ4v) is 3.82. The van der Waals surface area contributed by atoms with Crippen LogP contribution in [0.2, 0.25) is 0 Å². The zero-order valence-corrected chi connectivity index (χ0v) is 16.8. The molecular formula is C20H14N4O3S2. The van der Waals surface area contributed by atoms with Gasteiger partial charge in [0.25, 0.3) is 5.90 Å². The Morgan fingerprint density at radius 1 is 1.34 bits per heavy atom. The Hall–Kier alpha value is -3.48. The molecule has 0 amide bonds. The van der Waals surface area contributed by atoms with Crippen LogP contribution in [0.25, 0.3) is 6.08 Å². The lowest BCUT2D eigenvalue weighted by Gasteiger charge is -2.02. The third kappa shape index (κ3) is 4.03. The second-order valence-corrected chi connectivity index (χ2v) is 7.81. The molecule has 29 heavy (non-hydrogen) atoms. The van der Waals surface area contributed by atoms with Crippen LogP contribution in [0.3, 0.4) is 0 Å². The number of hydrogen-bond acceptors (Lipinski definition) is 8. The molecule has 7 nitrogen and oxygen atoms in total. The van der Waals surface area contributed by atoms with Gasteiger partial charge in [0.2, 0.25) is 17.5 Å². The molecule has 0 fully saturated rings. The summed E-state index contributed by atoms with van der Waals surface area (Å²) in [6.45, 7) is 2.29. The molecule has 0 saturated heterocycles. The van der Waals surface area contributed by atoms with Crippen LogP contribution in [0.15, 0.2) is 62.9 Å². The summed E-state index contributed by atoms with van der Waals surface area (Å²) in [5, 5.41) is 19.9. The van der Waals surface area contributed by atoms with Crippen molar-refractivity contribution in [3.63, 3.8) is 0 Å². The topological polar surface area (TPSA) is 96.0 Å². The molecule has 4 rings (SSSR count). The van der Waals surface area contributed by atoms with E-state index in [1.54, 1.807) is 23.0 Å². The van der Waals surface area contributed by atoms with Gasteiger partial charge < -0.3 is 14.3 Å². The van der Waals surface area contributed by atoms with E-state index >= 15 is 0 Å². The van der Waals surface area contributed by atoms with E-state index < -0.39 is 0 Å². The molecular weight excluding hydrogens is 408 g/mol. The summed E-state index contributed by atoms with van der Waals surface area (Å²) < 4.78 is 13.0. The maximum absolute atomic E-state index is 10.5. The number of aromatic nitrogens is 1. The van der Waals surface area contributed by atoms with Crippen LogP contribution in [-0.4, -0.2) is 21.3 Å². The standard InChI is InChI=1S/C20H14N4O3S2/c1-12-4-6-13(7-5-12)22-18-15(10-21)23-17(27-18)9-16-19(25)24(20(28)29-16)11-14-3-2-8-26-14/h2-9,25H,11H2,1H3. The first-order valence-electron chi connectivity index (χ1n) is 8.52. The van der Waals surface area contributed by atoms with E-state index in [2.05, 4.69) is 9.98 Å². The number of benzene rings is 1. The summed E-state index contributed by atoms with van der Waals surface area (Å²) in [6.07, 6.45) is 3.09. The first-order valence-corrected chi connectivity index (χ1v) is 9.75. The Labute approximate surface area is 175 Å². The maximum Gasteiger partial charge on any atom is 0.258 e. The van der Waals surface area contributed by atoms with Crippen LogP contribution in [0.1, 0.15) is 16.2 Å². The molecule has 0 atom stereocenters. The molecule has 3 heterocycles. The average Bonchev–Trinajstić information content (AvgIpc) is 3.41. The highest BCUT2D eigenvalue weighted by atomic mass is 32.1. The van der Waals surface area contributed by atoms with Crippen molar-refractivity contribution in [2.24, 2.45) is 9.98 Å². The van der Waals surface area contributed by atoms with Gasteiger partial charge in [0.05, 0.1) is 23.4 Å². The quantitative estimate of drug-likeness (QED) is 0.600. The number of aromatic hydroxyl groups is 1. The van der Waals surface area contributed by atoms with Gasteiger partial charge in [-0.3, -0.25) is 4.57 Å². The molecule has 0 bridgehead atoms. The summed E-state index contributed by atoms with van der Waals surface area (Å²) in [4.78, 5) is 8.96. The van der Waals surface area contributed by atoms with E-state index in [9.17, 15) is 10.4 Å². The van der Waals surface area contributed by atoms with Crippen LogP contribution >= 0.6 is 23.6 Å². The SMILES string of the molecule is Cc1ccc(N=C2OC(=Cc3sc(=S)n(Cc4ccco4)c3O)N=C2C#N)cc1. The van der Waals surface area contributed by atoms with Crippen LogP contribution in [0.5, 0.6) is 5.88 Å². The van der Waals surface area contributed by atoms with Crippen molar-refractivity contribution in [2.45, 2.75) is 13.5 Å². The van der Waals surface area contributed by atoms with Crippen molar-refractivity contribution < 1.29 is 14.3 Å². The zero-order chi connectivity index (χ0) is 20.4. The van der Waals surface area contributed by atoms with Gasteiger partial charge in [-0.2, -0.15) is 10.3 Å². The summed E-state index contributed by atoms with van der Waals surface area (Å²) in [7, 11) is 0. The third-order valence-corrected chi connectivity index (χ3v) is 5.42. The highest BCUT2D eigenvalue weighted by Gasteiger charge is 2.23.